The summed E-state index contributed by atoms with van der Waals surface area (Å²) in [5, 5.41) is 3.35. The van der Waals surface area contributed by atoms with Crippen molar-refractivity contribution in [2.75, 3.05) is 7.11 Å². The summed E-state index contributed by atoms with van der Waals surface area (Å²) in [5.41, 5.74) is 0.342. The molecule has 0 bridgehead atoms. The molecule has 0 aliphatic carbocycles. The fourth-order valence-electron chi connectivity index (χ4n) is 1.96. The number of rotatable bonds is 4. The normalized spacial score (nSPS) is 11.3. The molecule has 0 aliphatic rings. The Morgan fingerprint density at radius 3 is 2.29 bits per heavy atom. The third kappa shape index (κ3) is 3.48. The first-order chi connectivity index (χ1) is 11.5. The predicted molar refractivity (Wildman–Crippen MR) is 77.8 cm³/mol. The standard InChI is InChI=1S/C16H11F3N2O3/c1-22-11-5-3-7-13(9-11)23-12-6-2-4-10(8-12)14-20-15(24-21-14)16(17,18)19/h2-9H,1H3. The molecule has 5 nitrogen and oxygen atoms in total. The molecule has 0 fully saturated rings. The summed E-state index contributed by atoms with van der Waals surface area (Å²) in [5.74, 6) is 0.00128. The van der Waals surface area contributed by atoms with Gasteiger partial charge in [-0.1, -0.05) is 23.4 Å². The molecule has 0 atom stereocenters. The molecule has 0 amide bonds. The molecule has 8 heteroatoms. The Bertz CT molecular complexity index is 846. The average molecular weight is 336 g/mol. The minimum atomic E-state index is -4.68. The van der Waals surface area contributed by atoms with Crippen LogP contribution in [0.2, 0.25) is 0 Å². The van der Waals surface area contributed by atoms with Crippen molar-refractivity contribution in [3.05, 3.63) is 54.4 Å². The zero-order valence-electron chi connectivity index (χ0n) is 12.4. The van der Waals surface area contributed by atoms with Crippen molar-refractivity contribution in [2.45, 2.75) is 6.18 Å². The Morgan fingerprint density at radius 1 is 0.958 bits per heavy atom. The number of alkyl halides is 3. The van der Waals surface area contributed by atoms with Crippen molar-refractivity contribution in [1.82, 2.24) is 10.1 Å². The molecule has 3 rings (SSSR count). The van der Waals surface area contributed by atoms with Crippen LogP contribution < -0.4 is 9.47 Å². The van der Waals surface area contributed by atoms with Gasteiger partial charge in [-0.25, -0.2) is 0 Å². The van der Waals surface area contributed by atoms with Crippen LogP contribution in [0, 0.1) is 0 Å². The summed E-state index contributed by atoms with van der Waals surface area (Å²) < 4.78 is 52.6. The van der Waals surface area contributed by atoms with Crippen LogP contribution >= 0.6 is 0 Å². The van der Waals surface area contributed by atoms with Crippen LogP contribution in [0.3, 0.4) is 0 Å². The van der Waals surface area contributed by atoms with Crippen LogP contribution in [-0.2, 0) is 6.18 Å². The SMILES string of the molecule is COc1cccc(Oc2cccc(-c3noc(C(F)(F)F)n3)c2)c1. The van der Waals surface area contributed by atoms with E-state index in [-0.39, 0.29) is 5.82 Å². The molecule has 2 aromatic carbocycles. The second kappa shape index (κ2) is 6.23. The van der Waals surface area contributed by atoms with Gasteiger partial charge in [0, 0.05) is 11.6 Å². The average Bonchev–Trinajstić information content (AvgIpc) is 3.06. The number of hydrogen-bond acceptors (Lipinski definition) is 5. The van der Waals surface area contributed by atoms with E-state index in [4.69, 9.17) is 9.47 Å². The van der Waals surface area contributed by atoms with Gasteiger partial charge in [-0.3, -0.25) is 0 Å². The molecule has 1 aromatic heterocycles. The van der Waals surface area contributed by atoms with Gasteiger partial charge < -0.3 is 14.0 Å². The molecule has 0 unspecified atom stereocenters. The molecule has 0 N–H and O–H groups in total. The maximum absolute atomic E-state index is 12.5. The largest absolute Gasteiger partial charge is 0.497 e. The minimum Gasteiger partial charge on any atom is -0.497 e. The Kier molecular flexibility index (Phi) is 4.11. The van der Waals surface area contributed by atoms with E-state index in [1.165, 1.54) is 13.2 Å². The highest BCUT2D eigenvalue weighted by atomic mass is 19.4. The third-order valence-corrected chi connectivity index (χ3v) is 3.04. The molecular formula is C16H11F3N2O3. The van der Waals surface area contributed by atoms with Crippen molar-refractivity contribution in [3.8, 4) is 28.6 Å². The first-order valence-corrected chi connectivity index (χ1v) is 6.79. The van der Waals surface area contributed by atoms with E-state index in [0.29, 0.717) is 22.8 Å². The smallest absolute Gasteiger partial charge is 0.471 e. The first-order valence-electron chi connectivity index (χ1n) is 6.79. The monoisotopic (exact) mass is 336 g/mol. The van der Waals surface area contributed by atoms with Gasteiger partial charge in [-0.2, -0.15) is 18.2 Å². The van der Waals surface area contributed by atoms with Gasteiger partial charge in [-0.15, -0.1) is 0 Å². The predicted octanol–water partition coefficient (Wildman–Crippen LogP) is 4.56. The lowest BCUT2D eigenvalue weighted by Gasteiger charge is -2.07. The molecule has 0 saturated carbocycles. The minimum absolute atomic E-state index is 0.168. The lowest BCUT2D eigenvalue weighted by atomic mass is 10.2. The van der Waals surface area contributed by atoms with E-state index in [0.717, 1.165) is 0 Å². The van der Waals surface area contributed by atoms with Crippen LogP contribution in [-0.4, -0.2) is 17.3 Å². The summed E-state index contributed by atoms with van der Waals surface area (Å²) >= 11 is 0. The number of benzene rings is 2. The topological polar surface area (TPSA) is 57.4 Å². The summed E-state index contributed by atoms with van der Waals surface area (Å²) in [6.07, 6.45) is -4.68. The third-order valence-electron chi connectivity index (χ3n) is 3.04. The highest BCUT2D eigenvalue weighted by Gasteiger charge is 2.38. The second-order valence-electron chi connectivity index (χ2n) is 4.73. The zero-order chi connectivity index (χ0) is 17.2. The van der Waals surface area contributed by atoms with Crippen LogP contribution in [0.5, 0.6) is 17.2 Å². The first kappa shape index (κ1) is 15.9. The Balaban J connectivity index is 1.85. The summed E-state index contributed by atoms with van der Waals surface area (Å²) in [6.45, 7) is 0. The van der Waals surface area contributed by atoms with Crippen LogP contribution in [0.25, 0.3) is 11.4 Å². The molecule has 24 heavy (non-hydrogen) atoms. The quantitative estimate of drug-likeness (QED) is 0.699. The zero-order valence-corrected chi connectivity index (χ0v) is 12.4. The molecule has 0 aliphatic heterocycles. The molecule has 0 saturated heterocycles. The highest BCUT2D eigenvalue weighted by Crippen LogP contribution is 2.31. The fraction of sp³-hybridized carbons (Fsp3) is 0.125. The second-order valence-corrected chi connectivity index (χ2v) is 4.73. The Labute approximate surface area is 134 Å². The van der Waals surface area contributed by atoms with E-state index >= 15 is 0 Å². The van der Waals surface area contributed by atoms with Crippen molar-refractivity contribution < 1.29 is 27.2 Å². The van der Waals surface area contributed by atoms with Gasteiger partial charge >= 0.3 is 12.1 Å². The van der Waals surface area contributed by atoms with Crippen molar-refractivity contribution in [1.29, 1.82) is 0 Å². The molecule has 0 spiro atoms. The van der Waals surface area contributed by atoms with Gasteiger partial charge in [0.2, 0.25) is 5.82 Å². The van der Waals surface area contributed by atoms with Crippen molar-refractivity contribution >= 4 is 0 Å². The number of aromatic nitrogens is 2. The molecule has 0 radical (unpaired) electrons. The fourth-order valence-corrected chi connectivity index (χ4v) is 1.96. The van der Waals surface area contributed by atoms with Gasteiger partial charge in [0.25, 0.3) is 0 Å². The lowest BCUT2D eigenvalue weighted by molar-refractivity contribution is -0.159. The molecule has 124 valence electrons. The lowest BCUT2D eigenvalue weighted by Crippen LogP contribution is -2.04. The van der Waals surface area contributed by atoms with Crippen molar-refractivity contribution in [2.24, 2.45) is 0 Å². The maximum atomic E-state index is 12.5. The number of methoxy groups -OCH3 is 1. The van der Waals surface area contributed by atoms with Crippen molar-refractivity contribution in [3.63, 3.8) is 0 Å². The van der Waals surface area contributed by atoms with Gasteiger partial charge in [0.05, 0.1) is 7.11 Å². The molecule has 3 aromatic rings. The summed E-state index contributed by atoms with van der Waals surface area (Å²) in [7, 11) is 1.54. The Hall–Kier alpha value is -3.03. The molecular weight excluding hydrogens is 325 g/mol. The van der Waals surface area contributed by atoms with E-state index in [1.54, 1.807) is 42.5 Å². The highest BCUT2D eigenvalue weighted by molar-refractivity contribution is 5.57. The van der Waals surface area contributed by atoms with E-state index in [2.05, 4.69) is 14.7 Å². The van der Waals surface area contributed by atoms with E-state index in [1.807, 2.05) is 0 Å². The number of hydrogen-bond donors (Lipinski definition) is 0. The van der Waals surface area contributed by atoms with Crippen LogP contribution in [0.1, 0.15) is 5.89 Å². The molecule has 1 heterocycles. The van der Waals surface area contributed by atoms with E-state index < -0.39 is 12.1 Å². The van der Waals surface area contributed by atoms with Crippen LogP contribution in [0.4, 0.5) is 13.2 Å². The maximum Gasteiger partial charge on any atom is 0.471 e. The van der Waals surface area contributed by atoms with E-state index in [9.17, 15) is 13.2 Å². The number of halogens is 3. The number of ether oxygens (including phenoxy) is 2. The van der Waals surface area contributed by atoms with Crippen LogP contribution in [0.15, 0.2) is 53.1 Å². The summed E-state index contributed by atoms with van der Waals surface area (Å²) in [4.78, 5) is 3.35. The number of nitrogens with zero attached hydrogens (tertiary/aromatic N) is 2. The summed E-state index contributed by atoms with van der Waals surface area (Å²) in [6, 6.07) is 13.3. The Morgan fingerprint density at radius 2 is 1.62 bits per heavy atom. The van der Waals surface area contributed by atoms with Gasteiger partial charge in [-0.05, 0) is 24.3 Å². The van der Waals surface area contributed by atoms with Gasteiger partial charge in [0.15, 0.2) is 0 Å². The van der Waals surface area contributed by atoms with Gasteiger partial charge in [0.1, 0.15) is 17.2 Å².